The number of benzene rings is 2. The SMILES string of the molecule is CCC(Sc1nnc(CSc2ccc(C)cc2)n1CC)C(=O)Nc1ccc(OC)cc1OC. The van der Waals surface area contributed by atoms with Crippen molar-refractivity contribution in [3.8, 4) is 11.5 Å². The van der Waals surface area contributed by atoms with E-state index in [0.29, 0.717) is 23.6 Å². The zero-order valence-electron chi connectivity index (χ0n) is 19.6. The minimum absolute atomic E-state index is 0.104. The topological polar surface area (TPSA) is 78.3 Å². The monoisotopic (exact) mass is 486 g/mol. The number of carbonyl (C=O) groups is 1. The minimum atomic E-state index is -0.316. The van der Waals surface area contributed by atoms with Gasteiger partial charge in [-0.1, -0.05) is 36.4 Å². The van der Waals surface area contributed by atoms with Crippen molar-refractivity contribution in [2.24, 2.45) is 0 Å². The van der Waals surface area contributed by atoms with E-state index in [4.69, 9.17) is 9.47 Å². The van der Waals surface area contributed by atoms with Crippen LogP contribution in [0.25, 0.3) is 0 Å². The summed E-state index contributed by atoms with van der Waals surface area (Å²) in [6.07, 6.45) is 0.652. The molecule has 0 saturated heterocycles. The Labute approximate surface area is 203 Å². The van der Waals surface area contributed by atoms with E-state index in [1.807, 2.05) is 6.92 Å². The van der Waals surface area contributed by atoms with E-state index in [1.54, 1.807) is 44.2 Å². The van der Waals surface area contributed by atoms with Gasteiger partial charge >= 0.3 is 0 Å². The summed E-state index contributed by atoms with van der Waals surface area (Å²) in [4.78, 5) is 14.2. The number of ether oxygens (including phenoxy) is 2. The average Bonchev–Trinajstić information content (AvgIpc) is 3.23. The number of thioether (sulfide) groups is 2. The van der Waals surface area contributed by atoms with Gasteiger partial charge in [-0.05, 0) is 44.5 Å². The van der Waals surface area contributed by atoms with Crippen LogP contribution in [0.15, 0.2) is 52.5 Å². The van der Waals surface area contributed by atoms with Crippen LogP contribution in [0.5, 0.6) is 11.5 Å². The molecule has 9 heteroatoms. The Morgan fingerprint density at radius 3 is 2.48 bits per heavy atom. The second-order valence-corrected chi connectivity index (χ2v) is 9.53. The lowest BCUT2D eigenvalue weighted by Crippen LogP contribution is -2.25. The number of aromatic nitrogens is 3. The number of amides is 1. The van der Waals surface area contributed by atoms with Crippen LogP contribution in [-0.4, -0.2) is 40.1 Å². The van der Waals surface area contributed by atoms with E-state index in [1.165, 1.54) is 22.2 Å². The lowest BCUT2D eigenvalue weighted by Gasteiger charge is -2.17. The number of methoxy groups -OCH3 is 2. The molecule has 1 N–H and O–H groups in total. The number of hydrogen-bond donors (Lipinski definition) is 1. The van der Waals surface area contributed by atoms with Crippen LogP contribution in [-0.2, 0) is 17.1 Å². The van der Waals surface area contributed by atoms with Crippen molar-refractivity contribution in [3.63, 3.8) is 0 Å². The van der Waals surface area contributed by atoms with Gasteiger partial charge in [0.25, 0.3) is 0 Å². The standard InChI is InChI=1S/C24H30N4O3S2/c1-6-21(23(29)25-19-13-10-17(30-4)14-20(19)31-5)33-24-27-26-22(28(24)7-2)15-32-18-11-8-16(3)9-12-18/h8-14,21H,6-7,15H2,1-5H3,(H,25,29). The normalized spacial score (nSPS) is 11.8. The van der Waals surface area contributed by atoms with Crippen LogP contribution in [0.1, 0.15) is 31.7 Å². The van der Waals surface area contributed by atoms with Gasteiger partial charge in [0.1, 0.15) is 17.3 Å². The average molecular weight is 487 g/mol. The number of rotatable bonds is 11. The number of aryl methyl sites for hydroxylation is 1. The van der Waals surface area contributed by atoms with Gasteiger partial charge in [-0.25, -0.2) is 0 Å². The molecule has 0 fully saturated rings. The Kier molecular flexibility index (Phi) is 9.08. The summed E-state index contributed by atoms with van der Waals surface area (Å²) < 4.78 is 12.7. The fourth-order valence-corrected chi connectivity index (χ4v) is 5.05. The Bertz CT molecular complexity index is 1070. The predicted octanol–water partition coefficient (Wildman–Crippen LogP) is 5.43. The Balaban J connectivity index is 1.69. The van der Waals surface area contributed by atoms with Gasteiger partial charge in [-0.3, -0.25) is 4.79 Å². The van der Waals surface area contributed by atoms with Gasteiger partial charge < -0.3 is 19.4 Å². The van der Waals surface area contributed by atoms with Crippen molar-refractivity contribution in [1.29, 1.82) is 0 Å². The summed E-state index contributed by atoms with van der Waals surface area (Å²) in [6.45, 7) is 6.88. The van der Waals surface area contributed by atoms with E-state index in [9.17, 15) is 4.79 Å². The van der Waals surface area contributed by atoms with Crippen LogP contribution >= 0.6 is 23.5 Å². The molecule has 1 unspecified atom stereocenters. The molecule has 33 heavy (non-hydrogen) atoms. The molecule has 0 spiro atoms. The highest BCUT2D eigenvalue weighted by Gasteiger charge is 2.23. The van der Waals surface area contributed by atoms with Crippen LogP contribution in [0.4, 0.5) is 5.69 Å². The van der Waals surface area contributed by atoms with Crippen molar-refractivity contribution in [2.45, 2.75) is 54.8 Å². The molecule has 0 aliphatic carbocycles. The Morgan fingerprint density at radius 1 is 1.09 bits per heavy atom. The second-order valence-electron chi connectivity index (χ2n) is 7.31. The molecule has 0 radical (unpaired) electrons. The van der Waals surface area contributed by atoms with Crippen molar-refractivity contribution in [2.75, 3.05) is 19.5 Å². The first kappa shape index (κ1) is 25.0. The lowest BCUT2D eigenvalue weighted by molar-refractivity contribution is -0.115. The summed E-state index contributed by atoms with van der Waals surface area (Å²) in [6, 6.07) is 13.8. The van der Waals surface area contributed by atoms with Gasteiger partial charge in [0.2, 0.25) is 5.91 Å². The van der Waals surface area contributed by atoms with E-state index in [2.05, 4.69) is 58.2 Å². The highest BCUT2D eigenvalue weighted by atomic mass is 32.2. The summed E-state index contributed by atoms with van der Waals surface area (Å²) in [5, 5.41) is 12.2. The number of hydrogen-bond acceptors (Lipinski definition) is 7. The van der Waals surface area contributed by atoms with Crippen LogP contribution in [0.2, 0.25) is 0 Å². The second kappa shape index (κ2) is 12.0. The molecule has 7 nitrogen and oxygen atoms in total. The molecule has 1 atom stereocenters. The number of nitrogens with one attached hydrogen (secondary N) is 1. The number of anilines is 1. The van der Waals surface area contributed by atoms with Crippen LogP contribution in [0.3, 0.4) is 0 Å². The smallest absolute Gasteiger partial charge is 0.238 e. The predicted molar refractivity (Wildman–Crippen MR) is 135 cm³/mol. The quantitative estimate of drug-likeness (QED) is 0.362. The summed E-state index contributed by atoms with van der Waals surface area (Å²) in [5.74, 6) is 2.73. The molecule has 2 aromatic carbocycles. The largest absolute Gasteiger partial charge is 0.497 e. The van der Waals surface area contributed by atoms with Gasteiger partial charge in [-0.2, -0.15) is 0 Å². The zero-order valence-corrected chi connectivity index (χ0v) is 21.3. The highest BCUT2D eigenvalue weighted by molar-refractivity contribution is 8.00. The van der Waals surface area contributed by atoms with E-state index >= 15 is 0 Å². The molecule has 1 aromatic heterocycles. The molecule has 3 aromatic rings. The van der Waals surface area contributed by atoms with Gasteiger partial charge in [0.15, 0.2) is 5.16 Å². The Morgan fingerprint density at radius 2 is 1.85 bits per heavy atom. The van der Waals surface area contributed by atoms with Crippen molar-refractivity contribution in [3.05, 3.63) is 53.9 Å². The van der Waals surface area contributed by atoms with E-state index in [0.717, 1.165) is 23.3 Å². The lowest BCUT2D eigenvalue weighted by atomic mass is 10.2. The van der Waals surface area contributed by atoms with Crippen LogP contribution < -0.4 is 14.8 Å². The van der Waals surface area contributed by atoms with Crippen molar-refractivity contribution < 1.29 is 14.3 Å². The van der Waals surface area contributed by atoms with Crippen molar-refractivity contribution in [1.82, 2.24) is 14.8 Å². The zero-order chi connectivity index (χ0) is 23.8. The molecular weight excluding hydrogens is 456 g/mol. The van der Waals surface area contributed by atoms with E-state index in [-0.39, 0.29) is 11.2 Å². The third-order valence-electron chi connectivity index (χ3n) is 5.08. The molecule has 0 bridgehead atoms. The maximum Gasteiger partial charge on any atom is 0.238 e. The first-order chi connectivity index (χ1) is 16.0. The van der Waals surface area contributed by atoms with E-state index < -0.39 is 0 Å². The summed E-state index contributed by atoms with van der Waals surface area (Å²) in [5.41, 5.74) is 1.85. The maximum absolute atomic E-state index is 13.0. The molecule has 0 saturated carbocycles. The molecule has 1 heterocycles. The van der Waals surface area contributed by atoms with Gasteiger partial charge in [0.05, 0.1) is 30.9 Å². The third kappa shape index (κ3) is 6.45. The minimum Gasteiger partial charge on any atom is -0.497 e. The van der Waals surface area contributed by atoms with Gasteiger partial charge in [-0.15, -0.1) is 22.0 Å². The fourth-order valence-electron chi connectivity index (χ4n) is 3.18. The molecule has 1 amide bonds. The molecule has 0 aliphatic heterocycles. The molecule has 3 rings (SSSR count). The molecule has 0 aliphatic rings. The summed E-state index contributed by atoms with van der Waals surface area (Å²) >= 11 is 3.16. The van der Waals surface area contributed by atoms with Gasteiger partial charge in [0, 0.05) is 17.5 Å². The first-order valence-electron chi connectivity index (χ1n) is 10.8. The number of nitrogens with zero attached hydrogens (tertiary/aromatic N) is 3. The number of carbonyl (C=O) groups excluding carboxylic acids is 1. The first-order valence-corrected chi connectivity index (χ1v) is 12.7. The highest BCUT2D eigenvalue weighted by Crippen LogP contribution is 2.32. The summed E-state index contributed by atoms with van der Waals surface area (Å²) in [7, 11) is 3.16. The van der Waals surface area contributed by atoms with Crippen molar-refractivity contribution >= 4 is 35.1 Å². The molecule has 176 valence electrons. The Hall–Kier alpha value is -2.65. The maximum atomic E-state index is 13.0. The van der Waals surface area contributed by atoms with Crippen LogP contribution in [0, 0.1) is 6.92 Å². The third-order valence-corrected chi connectivity index (χ3v) is 7.43. The fraction of sp³-hybridized carbons (Fsp3) is 0.375. The molecular formula is C24H30N4O3S2.